The van der Waals surface area contributed by atoms with E-state index in [1.807, 2.05) is 68.4 Å². The summed E-state index contributed by atoms with van der Waals surface area (Å²) in [7, 11) is 0. The summed E-state index contributed by atoms with van der Waals surface area (Å²) in [5.74, 6) is -0.195. The van der Waals surface area contributed by atoms with Crippen molar-refractivity contribution in [1.82, 2.24) is 4.98 Å². The van der Waals surface area contributed by atoms with Crippen molar-refractivity contribution in [2.45, 2.75) is 13.8 Å². The summed E-state index contributed by atoms with van der Waals surface area (Å²) in [4.78, 5) is 21.0. The van der Waals surface area contributed by atoms with Gasteiger partial charge < -0.3 is 16.0 Å². The molecule has 0 aliphatic heterocycles. The van der Waals surface area contributed by atoms with Crippen LogP contribution >= 0.6 is 0 Å². The number of nitriles is 1. The first-order valence-electron chi connectivity index (χ1n) is 11.5. The Bertz CT molecular complexity index is 1600. The number of aromatic nitrogens is 1. The van der Waals surface area contributed by atoms with Gasteiger partial charge in [-0.05, 0) is 92.2 Å². The van der Waals surface area contributed by atoms with E-state index < -0.39 is 0 Å². The molecule has 0 radical (unpaired) electrons. The van der Waals surface area contributed by atoms with Gasteiger partial charge in [0.25, 0.3) is 5.91 Å². The van der Waals surface area contributed by atoms with Gasteiger partial charge in [0, 0.05) is 57.9 Å². The highest BCUT2D eigenvalue weighted by atomic mass is 16.1. The van der Waals surface area contributed by atoms with Gasteiger partial charge >= 0.3 is 0 Å². The van der Waals surface area contributed by atoms with Crippen LogP contribution in [0.15, 0.2) is 89.7 Å². The number of rotatable bonds is 7. The predicted octanol–water partition coefficient (Wildman–Crippen LogP) is 6.39. The maximum absolute atomic E-state index is 12.9. The Kier molecular flexibility index (Phi) is 7.58. The number of carbonyl (C=O) groups is 1. The van der Waals surface area contributed by atoms with Gasteiger partial charge in [-0.3, -0.25) is 9.78 Å². The minimum atomic E-state index is -0.195. The lowest BCUT2D eigenvalue weighted by Gasteiger charge is -2.13. The molecule has 0 aliphatic rings. The highest BCUT2D eigenvalue weighted by molar-refractivity contribution is 6.05. The highest BCUT2D eigenvalue weighted by Crippen LogP contribution is 2.27. The number of aliphatic imine (C=N–C) groups is 1. The second-order valence-corrected chi connectivity index (χ2v) is 8.27. The summed E-state index contributed by atoms with van der Waals surface area (Å²) in [6.07, 6.45) is 10.1. The molecule has 0 bridgehead atoms. The molecule has 0 aliphatic carbocycles. The van der Waals surface area contributed by atoms with Crippen molar-refractivity contribution in [3.8, 4) is 18.5 Å². The second kappa shape index (κ2) is 11.4. The SMILES string of the molecule is C#C/N=C\C=C(/C)Nc1ccc(NC(=O)c2ccc(Nc3ccnc4ccc(C#N)cc34)cc2C)cc1. The van der Waals surface area contributed by atoms with E-state index in [0.29, 0.717) is 16.8 Å². The van der Waals surface area contributed by atoms with Gasteiger partial charge in [0.1, 0.15) is 0 Å². The van der Waals surface area contributed by atoms with E-state index in [9.17, 15) is 10.1 Å². The normalized spacial score (nSPS) is 11.1. The fourth-order valence-corrected chi connectivity index (χ4v) is 3.77. The van der Waals surface area contributed by atoms with Crippen molar-refractivity contribution < 1.29 is 4.79 Å². The van der Waals surface area contributed by atoms with Crippen LogP contribution in [0.3, 0.4) is 0 Å². The van der Waals surface area contributed by atoms with Gasteiger partial charge in [-0.25, -0.2) is 4.99 Å². The molecule has 180 valence electrons. The number of aryl methyl sites for hydroxylation is 1. The van der Waals surface area contributed by atoms with Crippen molar-refractivity contribution in [2.75, 3.05) is 16.0 Å². The van der Waals surface area contributed by atoms with E-state index in [4.69, 9.17) is 6.42 Å². The third-order valence-corrected chi connectivity index (χ3v) is 5.58. The number of pyridine rings is 1. The monoisotopic (exact) mass is 484 g/mol. The second-order valence-electron chi connectivity index (χ2n) is 8.27. The number of hydrogen-bond acceptors (Lipinski definition) is 6. The van der Waals surface area contributed by atoms with Crippen LogP contribution in [0.25, 0.3) is 10.9 Å². The molecule has 0 unspecified atom stereocenters. The quantitative estimate of drug-likeness (QED) is 0.208. The first kappa shape index (κ1) is 24.7. The highest BCUT2D eigenvalue weighted by Gasteiger charge is 2.11. The Balaban J connectivity index is 1.45. The topological polar surface area (TPSA) is 102 Å². The molecule has 3 aromatic carbocycles. The number of amides is 1. The molecule has 1 amide bonds. The molecular formula is C30H24N6O. The van der Waals surface area contributed by atoms with E-state index in [1.165, 1.54) is 0 Å². The van der Waals surface area contributed by atoms with Crippen LogP contribution in [0.4, 0.5) is 22.7 Å². The fraction of sp³-hybridized carbons (Fsp3) is 0.0667. The van der Waals surface area contributed by atoms with Gasteiger partial charge in [0.15, 0.2) is 0 Å². The van der Waals surface area contributed by atoms with Crippen LogP contribution in [0, 0.1) is 30.7 Å². The average molecular weight is 485 g/mol. The van der Waals surface area contributed by atoms with Crippen molar-refractivity contribution in [1.29, 1.82) is 5.26 Å². The lowest BCUT2D eigenvalue weighted by atomic mass is 10.1. The van der Waals surface area contributed by atoms with Crippen molar-refractivity contribution >= 4 is 45.8 Å². The van der Waals surface area contributed by atoms with Crippen LogP contribution < -0.4 is 16.0 Å². The maximum atomic E-state index is 12.9. The maximum Gasteiger partial charge on any atom is 0.255 e. The van der Waals surface area contributed by atoms with E-state index in [1.54, 1.807) is 30.6 Å². The summed E-state index contributed by atoms with van der Waals surface area (Å²) in [5, 5.41) is 19.6. The first-order valence-corrected chi connectivity index (χ1v) is 11.5. The van der Waals surface area contributed by atoms with Gasteiger partial charge in [0.05, 0.1) is 17.1 Å². The summed E-state index contributed by atoms with van der Waals surface area (Å²) < 4.78 is 0. The number of fused-ring (bicyclic) bond motifs is 1. The van der Waals surface area contributed by atoms with Crippen LogP contribution in [0.5, 0.6) is 0 Å². The number of allylic oxidation sites excluding steroid dienone is 2. The molecule has 37 heavy (non-hydrogen) atoms. The van der Waals surface area contributed by atoms with Gasteiger partial charge in [-0.1, -0.05) is 6.42 Å². The predicted molar refractivity (Wildman–Crippen MR) is 150 cm³/mol. The largest absolute Gasteiger partial charge is 0.359 e. The third kappa shape index (κ3) is 6.19. The number of anilines is 4. The zero-order valence-electron chi connectivity index (χ0n) is 20.4. The standard InChI is InChI=1S/C30H24N6O/c1-4-32-15-13-21(3)34-23-6-8-24(9-7-23)36-30(37)26-11-10-25(17-20(26)2)35-29-14-16-33-28-12-5-22(19-31)18-27(28)29/h1,5-18,34H,2-3H3,(H,33,35)(H,36,37)/b21-13+,32-15-. The van der Waals surface area contributed by atoms with Crippen LogP contribution in [-0.4, -0.2) is 17.1 Å². The Hall–Kier alpha value is -5.40. The van der Waals surface area contributed by atoms with Crippen molar-refractivity contribution in [2.24, 2.45) is 4.99 Å². The van der Waals surface area contributed by atoms with E-state index in [2.05, 4.69) is 38.0 Å². The molecule has 3 N–H and O–H groups in total. The smallest absolute Gasteiger partial charge is 0.255 e. The number of terminal acetylenes is 1. The number of hydrogen-bond donors (Lipinski definition) is 3. The zero-order valence-corrected chi connectivity index (χ0v) is 20.4. The van der Waals surface area contributed by atoms with Crippen LogP contribution in [0.2, 0.25) is 0 Å². The Labute approximate surface area is 215 Å². The summed E-state index contributed by atoms with van der Waals surface area (Å²) in [6, 6.07) is 24.6. The molecule has 0 saturated carbocycles. The molecule has 1 aromatic heterocycles. The van der Waals surface area contributed by atoms with Crippen molar-refractivity contribution in [3.63, 3.8) is 0 Å². The van der Waals surface area contributed by atoms with Gasteiger partial charge in [0.2, 0.25) is 0 Å². The number of benzene rings is 3. The Morgan fingerprint density at radius 1 is 1.00 bits per heavy atom. The van der Waals surface area contributed by atoms with Gasteiger partial charge in [-0.2, -0.15) is 5.26 Å². The number of carbonyl (C=O) groups excluding carboxylic acids is 1. The number of nitrogens with one attached hydrogen (secondary N) is 3. The lowest BCUT2D eigenvalue weighted by Crippen LogP contribution is -2.13. The molecule has 7 heteroatoms. The molecule has 0 fully saturated rings. The minimum Gasteiger partial charge on any atom is -0.359 e. The molecule has 4 rings (SSSR count). The molecule has 0 saturated heterocycles. The first-order chi connectivity index (χ1) is 18.0. The third-order valence-electron chi connectivity index (χ3n) is 5.58. The molecule has 0 atom stereocenters. The average Bonchev–Trinajstić information content (AvgIpc) is 2.90. The van der Waals surface area contributed by atoms with E-state index in [-0.39, 0.29) is 5.91 Å². The van der Waals surface area contributed by atoms with Crippen molar-refractivity contribution in [3.05, 3.63) is 101 Å². The Morgan fingerprint density at radius 2 is 1.73 bits per heavy atom. The molecule has 0 spiro atoms. The summed E-state index contributed by atoms with van der Waals surface area (Å²) >= 11 is 0. The van der Waals surface area contributed by atoms with Crippen LogP contribution in [-0.2, 0) is 0 Å². The minimum absolute atomic E-state index is 0.195. The summed E-state index contributed by atoms with van der Waals surface area (Å²) in [5.41, 5.74) is 6.86. The van der Waals surface area contributed by atoms with E-state index in [0.717, 1.165) is 39.2 Å². The fourth-order valence-electron chi connectivity index (χ4n) is 3.77. The Morgan fingerprint density at radius 3 is 2.43 bits per heavy atom. The number of nitrogens with zero attached hydrogens (tertiary/aromatic N) is 3. The zero-order chi connectivity index (χ0) is 26.2. The van der Waals surface area contributed by atoms with Gasteiger partial charge in [-0.15, -0.1) is 0 Å². The summed E-state index contributed by atoms with van der Waals surface area (Å²) in [6.45, 7) is 3.80. The molecule has 7 nitrogen and oxygen atoms in total. The molecule has 1 heterocycles. The van der Waals surface area contributed by atoms with E-state index >= 15 is 0 Å². The lowest BCUT2D eigenvalue weighted by molar-refractivity contribution is 0.102. The molecular weight excluding hydrogens is 460 g/mol. The van der Waals surface area contributed by atoms with Crippen LogP contribution in [0.1, 0.15) is 28.4 Å². The molecule has 4 aromatic rings.